The van der Waals surface area contributed by atoms with Crippen LogP contribution in [0.1, 0.15) is 22.1 Å². The van der Waals surface area contributed by atoms with E-state index in [-0.39, 0.29) is 5.97 Å². The summed E-state index contributed by atoms with van der Waals surface area (Å²) in [7, 11) is 1.62. The van der Waals surface area contributed by atoms with Crippen LogP contribution in [0.4, 0.5) is 5.69 Å². The zero-order chi connectivity index (χ0) is 13.2. The molecule has 1 N–H and O–H groups in total. The third-order valence-corrected chi connectivity index (χ3v) is 3.06. The molecule has 2 aromatic carbocycles. The van der Waals surface area contributed by atoms with Gasteiger partial charge in [-0.05, 0) is 18.2 Å². The number of fused-ring (bicyclic) bond motifs is 1. The van der Waals surface area contributed by atoms with Crippen LogP contribution in [0, 0.1) is 0 Å². The van der Waals surface area contributed by atoms with E-state index in [1.165, 1.54) is 0 Å². The van der Waals surface area contributed by atoms with Gasteiger partial charge in [0.05, 0.1) is 12.7 Å². The first kappa shape index (κ1) is 11.6. The van der Waals surface area contributed by atoms with E-state index in [0.29, 0.717) is 5.56 Å². The van der Waals surface area contributed by atoms with Crippen LogP contribution >= 0.6 is 0 Å². The number of cyclic esters (lactones) is 1. The molecule has 4 nitrogen and oxygen atoms in total. The van der Waals surface area contributed by atoms with Crippen molar-refractivity contribution in [3.63, 3.8) is 0 Å². The van der Waals surface area contributed by atoms with E-state index in [0.717, 1.165) is 17.0 Å². The topological polar surface area (TPSA) is 47.6 Å². The maximum atomic E-state index is 11.7. The third-order valence-electron chi connectivity index (χ3n) is 3.06. The highest BCUT2D eigenvalue weighted by Gasteiger charge is 2.30. The van der Waals surface area contributed by atoms with E-state index in [1.54, 1.807) is 13.2 Å². The molecule has 0 radical (unpaired) electrons. The lowest BCUT2D eigenvalue weighted by molar-refractivity contribution is 0.0437. The fourth-order valence-corrected chi connectivity index (χ4v) is 2.12. The fraction of sp³-hybridized carbons (Fsp3) is 0.133. The molecule has 1 atom stereocenters. The number of benzene rings is 2. The second-order valence-corrected chi connectivity index (χ2v) is 4.25. The van der Waals surface area contributed by atoms with E-state index < -0.39 is 6.23 Å². The number of carbonyl (C=O) groups is 1. The molecule has 0 fully saturated rings. The van der Waals surface area contributed by atoms with Crippen molar-refractivity contribution >= 4 is 11.7 Å². The molecular formula is C15H13NO3. The standard InChI is InChI=1S/C15H13NO3/c1-18-11-6-4-5-10(9-11)16-14-12-7-2-3-8-13(12)15(17)19-14/h2-9,14,16H,1H3. The summed E-state index contributed by atoms with van der Waals surface area (Å²) in [5.74, 6) is 0.457. The van der Waals surface area contributed by atoms with Gasteiger partial charge in [0, 0.05) is 17.3 Å². The van der Waals surface area contributed by atoms with Gasteiger partial charge in [-0.25, -0.2) is 4.79 Å². The second-order valence-electron chi connectivity index (χ2n) is 4.25. The van der Waals surface area contributed by atoms with Crippen molar-refractivity contribution in [3.8, 4) is 5.75 Å². The lowest BCUT2D eigenvalue weighted by Gasteiger charge is -2.14. The number of carbonyl (C=O) groups excluding carboxylic acids is 1. The van der Waals surface area contributed by atoms with Crippen molar-refractivity contribution < 1.29 is 14.3 Å². The minimum atomic E-state index is -0.448. The van der Waals surface area contributed by atoms with Crippen LogP contribution in [-0.4, -0.2) is 13.1 Å². The van der Waals surface area contributed by atoms with Crippen molar-refractivity contribution in [2.75, 3.05) is 12.4 Å². The Bertz CT molecular complexity index is 624. The molecule has 2 aromatic rings. The normalized spacial score (nSPS) is 16.7. The van der Waals surface area contributed by atoms with Gasteiger partial charge in [-0.3, -0.25) is 0 Å². The van der Waals surface area contributed by atoms with E-state index in [4.69, 9.17) is 9.47 Å². The van der Waals surface area contributed by atoms with Gasteiger partial charge in [-0.15, -0.1) is 0 Å². The smallest absolute Gasteiger partial charge is 0.340 e. The van der Waals surface area contributed by atoms with E-state index in [9.17, 15) is 4.79 Å². The third kappa shape index (κ3) is 2.12. The quantitative estimate of drug-likeness (QED) is 0.856. The summed E-state index contributed by atoms with van der Waals surface area (Å²) in [5.41, 5.74) is 2.31. The van der Waals surface area contributed by atoms with Gasteiger partial charge in [0.2, 0.25) is 6.23 Å². The SMILES string of the molecule is COc1cccc(NC2OC(=O)c3ccccc32)c1. The van der Waals surface area contributed by atoms with Crippen LogP contribution in [-0.2, 0) is 4.74 Å². The monoisotopic (exact) mass is 255 g/mol. The lowest BCUT2D eigenvalue weighted by Crippen LogP contribution is -2.10. The molecule has 0 saturated carbocycles. The first-order chi connectivity index (χ1) is 9.28. The molecule has 0 aliphatic carbocycles. The Hall–Kier alpha value is -2.49. The average molecular weight is 255 g/mol. The average Bonchev–Trinajstić information content (AvgIpc) is 2.76. The zero-order valence-electron chi connectivity index (χ0n) is 10.4. The van der Waals surface area contributed by atoms with E-state index >= 15 is 0 Å². The number of rotatable bonds is 3. The maximum Gasteiger partial charge on any atom is 0.340 e. The predicted molar refractivity (Wildman–Crippen MR) is 71.2 cm³/mol. The second kappa shape index (κ2) is 4.65. The van der Waals surface area contributed by atoms with Crippen LogP contribution < -0.4 is 10.1 Å². The summed E-state index contributed by atoms with van der Waals surface area (Å²) in [6.45, 7) is 0. The Balaban J connectivity index is 1.87. The summed E-state index contributed by atoms with van der Waals surface area (Å²) >= 11 is 0. The number of hydrogen-bond donors (Lipinski definition) is 1. The molecule has 3 rings (SSSR count). The highest BCUT2D eigenvalue weighted by molar-refractivity contribution is 5.94. The molecule has 0 spiro atoms. The van der Waals surface area contributed by atoms with Gasteiger partial charge in [-0.1, -0.05) is 24.3 Å². The van der Waals surface area contributed by atoms with Gasteiger partial charge in [0.25, 0.3) is 0 Å². The molecule has 0 bridgehead atoms. The van der Waals surface area contributed by atoms with Crippen LogP contribution in [0.25, 0.3) is 0 Å². The molecule has 4 heteroatoms. The van der Waals surface area contributed by atoms with Gasteiger partial charge < -0.3 is 14.8 Å². The Morgan fingerprint density at radius 2 is 2.00 bits per heavy atom. The van der Waals surface area contributed by atoms with Gasteiger partial charge >= 0.3 is 5.97 Å². The molecule has 1 unspecified atom stereocenters. The van der Waals surface area contributed by atoms with Crippen molar-refractivity contribution in [2.24, 2.45) is 0 Å². The largest absolute Gasteiger partial charge is 0.497 e. The maximum absolute atomic E-state index is 11.7. The number of ether oxygens (including phenoxy) is 2. The first-order valence-electron chi connectivity index (χ1n) is 5.98. The highest BCUT2D eigenvalue weighted by atomic mass is 16.6. The van der Waals surface area contributed by atoms with E-state index in [2.05, 4.69) is 5.32 Å². The minimum absolute atomic E-state index is 0.295. The Kier molecular flexibility index (Phi) is 2.83. The van der Waals surface area contributed by atoms with Crippen LogP contribution in [0.3, 0.4) is 0 Å². The Morgan fingerprint density at radius 1 is 1.16 bits per heavy atom. The van der Waals surface area contributed by atoms with Crippen LogP contribution in [0.15, 0.2) is 48.5 Å². The summed E-state index contributed by atoms with van der Waals surface area (Å²) in [5, 5.41) is 3.18. The molecule has 0 saturated heterocycles. The highest BCUT2D eigenvalue weighted by Crippen LogP contribution is 2.31. The molecule has 1 heterocycles. The first-order valence-corrected chi connectivity index (χ1v) is 5.98. The molecule has 1 aliphatic heterocycles. The number of esters is 1. The summed E-state index contributed by atoms with van der Waals surface area (Å²) in [4.78, 5) is 11.7. The summed E-state index contributed by atoms with van der Waals surface area (Å²) in [6, 6.07) is 14.9. The van der Waals surface area contributed by atoms with Crippen molar-refractivity contribution in [3.05, 3.63) is 59.7 Å². The molecule has 1 aliphatic rings. The molecule has 0 aromatic heterocycles. The Morgan fingerprint density at radius 3 is 2.84 bits per heavy atom. The van der Waals surface area contributed by atoms with Crippen LogP contribution in [0.5, 0.6) is 5.75 Å². The number of hydrogen-bond acceptors (Lipinski definition) is 4. The number of anilines is 1. The lowest BCUT2D eigenvalue weighted by atomic mass is 10.1. The molecule has 19 heavy (non-hydrogen) atoms. The fourth-order valence-electron chi connectivity index (χ4n) is 2.12. The number of methoxy groups -OCH3 is 1. The Labute approximate surface area is 111 Å². The summed E-state index contributed by atoms with van der Waals surface area (Å²) in [6.07, 6.45) is -0.448. The van der Waals surface area contributed by atoms with Crippen LogP contribution in [0.2, 0.25) is 0 Å². The molecular weight excluding hydrogens is 242 g/mol. The zero-order valence-corrected chi connectivity index (χ0v) is 10.4. The van der Waals surface area contributed by atoms with Gasteiger partial charge in [0.1, 0.15) is 5.75 Å². The van der Waals surface area contributed by atoms with Gasteiger partial charge in [0.15, 0.2) is 0 Å². The van der Waals surface area contributed by atoms with Crippen molar-refractivity contribution in [1.82, 2.24) is 0 Å². The summed E-state index contributed by atoms with van der Waals surface area (Å²) < 4.78 is 10.5. The predicted octanol–water partition coefficient (Wildman–Crippen LogP) is 2.98. The van der Waals surface area contributed by atoms with Crippen molar-refractivity contribution in [2.45, 2.75) is 6.23 Å². The minimum Gasteiger partial charge on any atom is -0.497 e. The van der Waals surface area contributed by atoms with E-state index in [1.807, 2.05) is 42.5 Å². The van der Waals surface area contributed by atoms with Crippen molar-refractivity contribution in [1.29, 1.82) is 0 Å². The molecule has 96 valence electrons. The number of nitrogens with one attached hydrogen (secondary N) is 1. The molecule has 0 amide bonds. The van der Waals surface area contributed by atoms with Gasteiger partial charge in [-0.2, -0.15) is 0 Å².